The number of ketones is 1. The average molecular weight is 1140 g/mol. The van der Waals surface area contributed by atoms with Crippen LogP contribution in [-0.2, 0) is 68.6 Å². The Hall–Kier alpha value is -6.81. The standard InChI is InChI=1S/C57H73FN9O11PS/c1-38(2)29-48(52(69)57(5,74)37-78-80(75,76)44-22-23-46(58)45(32-44)53(70)59-33-43-34-67(65-64-43)79-36-42-19-13-8-14-20-42)61-56(73)50(31-41-17-11-7-12-18-41)63-55(72)49(30-39(3)4)62-54(71)47(24-21-40-15-9-6-10-16-40)60-51(68)35-66-25-27-77-28-26-66/h6-20,22-23,32,34,38-39,47-50,74,79H,21,24-31,33,35-37H2,1-5H3,(H,59,70)(H,60,68)(H,61,73)(H,62,71)(H,63,72)/t47-,48-,49-,50-,57?/m0/s1. The number of nitrogens with one attached hydrogen (secondary N) is 5. The molecule has 4 aromatic carbocycles. The van der Waals surface area contributed by atoms with Gasteiger partial charge in [0.2, 0.25) is 23.6 Å². The van der Waals surface area contributed by atoms with Crippen LogP contribution in [0.15, 0.2) is 120 Å². The van der Waals surface area contributed by atoms with Crippen LogP contribution in [0.5, 0.6) is 0 Å². The molecule has 6 atom stereocenters. The summed E-state index contributed by atoms with van der Waals surface area (Å²) in [6, 6.07) is 25.4. The summed E-state index contributed by atoms with van der Waals surface area (Å²) in [5.74, 6) is -5.88. The van der Waals surface area contributed by atoms with E-state index < -0.39 is 92.2 Å². The first-order valence-electron chi connectivity index (χ1n) is 26.7. The fourth-order valence-electron chi connectivity index (χ4n) is 8.74. The van der Waals surface area contributed by atoms with Gasteiger partial charge in [0.25, 0.3) is 16.0 Å². The zero-order valence-corrected chi connectivity index (χ0v) is 47.5. The molecule has 5 aromatic rings. The highest BCUT2D eigenvalue weighted by Gasteiger charge is 2.40. The second-order valence-corrected chi connectivity index (χ2v) is 23.6. The molecular formula is C57H73FN9O11PS. The van der Waals surface area contributed by atoms with E-state index in [0.29, 0.717) is 50.1 Å². The zero-order valence-electron chi connectivity index (χ0n) is 45.7. The van der Waals surface area contributed by atoms with E-state index in [-0.39, 0.29) is 65.2 Å². The molecular weight excluding hydrogens is 1070 g/mol. The lowest BCUT2D eigenvalue weighted by atomic mass is 9.90. The quantitative estimate of drug-likeness (QED) is 0.0277. The summed E-state index contributed by atoms with van der Waals surface area (Å²) in [5.41, 5.74) is -0.120. The van der Waals surface area contributed by atoms with E-state index in [4.69, 9.17) is 8.92 Å². The van der Waals surface area contributed by atoms with Crippen LogP contribution in [0, 0.1) is 17.7 Å². The number of halogens is 1. The lowest BCUT2D eigenvalue weighted by Crippen LogP contribution is -2.60. The number of amides is 5. The Morgan fingerprint density at radius 1 is 0.750 bits per heavy atom. The number of aliphatic hydroxyl groups is 1. The zero-order chi connectivity index (χ0) is 57.8. The smallest absolute Gasteiger partial charge is 0.297 e. The molecule has 430 valence electrons. The van der Waals surface area contributed by atoms with Crippen LogP contribution in [0.25, 0.3) is 0 Å². The molecule has 2 heterocycles. The number of aryl methyl sites for hydroxylation is 1. The van der Waals surface area contributed by atoms with Gasteiger partial charge < -0.3 is 36.4 Å². The average Bonchev–Trinajstić information content (AvgIpc) is 3.94. The largest absolute Gasteiger partial charge is 0.380 e. The fourth-order valence-corrected chi connectivity index (χ4v) is 10.7. The third-order valence-corrected chi connectivity index (χ3v) is 15.4. The Morgan fingerprint density at radius 2 is 1.31 bits per heavy atom. The number of aromatic nitrogens is 3. The van der Waals surface area contributed by atoms with Crippen molar-refractivity contribution in [3.63, 3.8) is 0 Å². The maximum absolute atomic E-state index is 15.1. The summed E-state index contributed by atoms with van der Waals surface area (Å²) < 4.78 is 54.5. The molecule has 6 N–H and O–H groups in total. The predicted octanol–water partition coefficient (Wildman–Crippen LogP) is 4.25. The number of rotatable bonds is 30. The van der Waals surface area contributed by atoms with E-state index in [2.05, 4.69) is 36.9 Å². The van der Waals surface area contributed by atoms with Gasteiger partial charge in [-0.3, -0.25) is 37.9 Å². The van der Waals surface area contributed by atoms with Crippen molar-refractivity contribution in [3.8, 4) is 0 Å². The van der Waals surface area contributed by atoms with Crippen molar-refractivity contribution in [2.75, 3.05) is 39.5 Å². The summed E-state index contributed by atoms with van der Waals surface area (Å²) >= 11 is 0. The van der Waals surface area contributed by atoms with Crippen molar-refractivity contribution in [2.24, 2.45) is 11.8 Å². The van der Waals surface area contributed by atoms with Crippen LogP contribution in [0.1, 0.15) is 86.6 Å². The molecule has 0 saturated carbocycles. The van der Waals surface area contributed by atoms with E-state index in [1.165, 1.54) is 0 Å². The first-order chi connectivity index (χ1) is 38.1. The summed E-state index contributed by atoms with van der Waals surface area (Å²) in [5, 5.41) is 33.5. The Kier molecular flexibility index (Phi) is 23.5. The van der Waals surface area contributed by atoms with Crippen LogP contribution < -0.4 is 26.6 Å². The molecule has 1 aliphatic heterocycles. The van der Waals surface area contributed by atoms with Gasteiger partial charge >= 0.3 is 0 Å². The Morgan fingerprint density at radius 3 is 1.95 bits per heavy atom. The molecule has 20 nitrogen and oxygen atoms in total. The molecule has 23 heteroatoms. The third-order valence-electron chi connectivity index (χ3n) is 13.0. The molecule has 0 radical (unpaired) electrons. The van der Waals surface area contributed by atoms with Crippen molar-refractivity contribution in [1.29, 1.82) is 0 Å². The van der Waals surface area contributed by atoms with E-state index in [1.54, 1.807) is 54.8 Å². The number of hydrogen-bond donors (Lipinski definition) is 6. The maximum Gasteiger partial charge on any atom is 0.297 e. The third kappa shape index (κ3) is 19.8. The monoisotopic (exact) mass is 1140 g/mol. The Labute approximate surface area is 468 Å². The van der Waals surface area contributed by atoms with Gasteiger partial charge in [0, 0.05) is 34.4 Å². The molecule has 80 heavy (non-hydrogen) atoms. The number of morpholine rings is 1. The van der Waals surface area contributed by atoms with Crippen molar-refractivity contribution in [3.05, 3.63) is 149 Å². The van der Waals surface area contributed by atoms with Crippen molar-refractivity contribution in [2.45, 2.75) is 114 Å². The molecule has 1 aliphatic rings. The highest BCUT2D eigenvalue weighted by molar-refractivity contribution is 7.86. The van der Waals surface area contributed by atoms with Crippen LogP contribution in [0.4, 0.5) is 4.39 Å². The van der Waals surface area contributed by atoms with E-state index in [0.717, 1.165) is 36.2 Å². The van der Waals surface area contributed by atoms with Crippen LogP contribution in [0.3, 0.4) is 0 Å². The van der Waals surface area contributed by atoms with Gasteiger partial charge in [-0.25, -0.2) is 8.84 Å². The summed E-state index contributed by atoms with van der Waals surface area (Å²) in [4.78, 5) is 85.3. The minimum absolute atomic E-state index is 0.0338. The van der Waals surface area contributed by atoms with Gasteiger partial charge in [-0.2, -0.15) is 8.42 Å². The number of hydrogen-bond acceptors (Lipinski definition) is 14. The van der Waals surface area contributed by atoms with Gasteiger partial charge in [-0.05, 0) is 79.3 Å². The van der Waals surface area contributed by atoms with E-state index >= 15 is 4.39 Å². The summed E-state index contributed by atoms with van der Waals surface area (Å²) in [6.45, 7) is 9.12. The molecule has 5 amide bonds. The van der Waals surface area contributed by atoms with Gasteiger partial charge in [0.1, 0.15) is 41.8 Å². The first-order valence-corrected chi connectivity index (χ1v) is 29.2. The van der Waals surface area contributed by atoms with Crippen LogP contribution in [-0.4, -0.2) is 138 Å². The molecule has 0 spiro atoms. The SMILES string of the molecule is CC(C)C[C@H](NC(=O)[C@H](CCc1ccccc1)NC(=O)CN1CCOCC1)C(=O)N[C@@H](Cc1ccccc1)C(=O)N[C@@H](CC(C)C)C(=O)C(C)(O)COS(=O)(=O)c1ccc(F)c(C(=O)NCc2cn(PCc3ccccc3)nn2)c1. The lowest BCUT2D eigenvalue weighted by Gasteiger charge is -2.30. The topological polar surface area (TPSA) is 269 Å². The first kappa shape index (κ1) is 62.4. The second-order valence-electron chi connectivity index (χ2n) is 20.8. The van der Waals surface area contributed by atoms with E-state index in [9.17, 15) is 42.3 Å². The van der Waals surface area contributed by atoms with Gasteiger partial charge in [0.15, 0.2) is 5.78 Å². The molecule has 1 aromatic heterocycles. The van der Waals surface area contributed by atoms with Crippen molar-refractivity contribution >= 4 is 54.2 Å². The number of nitrogens with zero attached hydrogens (tertiary/aromatic N) is 4. The fraction of sp³-hybridized carbons (Fsp3) is 0.439. The molecule has 2 unspecified atom stereocenters. The molecule has 0 aliphatic carbocycles. The summed E-state index contributed by atoms with van der Waals surface area (Å²) in [6.07, 6.45) is 3.07. The lowest BCUT2D eigenvalue weighted by molar-refractivity contribution is -0.143. The van der Waals surface area contributed by atoms with Crippen LogP contribution >= 0.6 is 8.73 Å². The summed E-state index contributed by atoms with van der Waals surface area (Å²) in [7, 11) is -4.63. The maximum atomic E-state index is 15.1. The molecule has 1 saturated heterocycles. The number of benzene rings is 4. The van der Waals surface area contributed by atoms with Gasteiger partial charge in [0.05, 0.1) is 49.0 Å². The predicted molar refractivity (Wildman–Crippen MR) is 299 cm³/mol. The molecule has 1 fully saturated rings. The number of carbonyl (C=O) groups is 6. The minimum Gasteiger partial charge on any atom is -0.380 e. The van der Waals surface area contributed by atoms with Crippen molar-refractivity contribution in [1.82, 2.24) is 46.2 Å². The highest BCUT2D eigenvalue weighted by atomic mass is 32.2. The number of ether oxygens (including phenoxy) is 1. The molecule has 6 rings (SSSR count). The van der Waals surface area contributed by atoms with Gasteiger partial charge in [-0.1, -0.05) is 124 Å². The number of Topliss-reactive ketones (excluding diaryl/α,β-unsaturated/α-hetero) is 1. The highest BCUT2D eigenvalue weighted by Crippen LogP contribution is 2.23. The normalized spacial score (nSPS) is 15.4. The van der Waals surface area contributed by atoms with E-state index in [1.807, 2.05) is 79.4 Å². The molecule has 0 bridgehead atoms. The van der Waals surface area contributed by atoms with Crippen LogP contribution in [0.2, 0.25) is 0 Å². The van der Waals surface area contributed by atoms with Gasteiger partial charge in [-0.15, -0.1) is 5.10 Å². The Balaban J connectivity index is 1.12. The Bertz CT molecular complexity index is 2970. The minimum atomic E-state index is -4.86. The van der Waals surface area contributed by atoms with Crippen molar-refractivity contribution < 1.29 is 55.6 Å². The second kappa shape index (κ2) is 30.1. The number of carbonyl (C=O) groups excluding carboxylic acids is 6.